The highest BCUT2D eigenvalue weighted by Gasteiger charge is 2.30. The third-order valence-corrected chi connectivity index (χ3v) is 3.01. The van der Waals surface area contributed by atoms with E-state index in [0.717, 1.165) is 17.7 Å². The van der Waals surface area contributed by atoms with Gasteiger partial charge in [0.2, 0.25) is 0 Å². The normalized spacial score (nSPS) is 12.0. The summed E-state index contributed by atoms with van der Waals surface area (Å²) in [7, 11) is 0. The van der Waals surface area contributed by atoms with Gasteiger partial charge in [0.15, 0.2) is 11.5 Å². The molecule has 0 spiro atoms. The van der Waals surface area contributed by atoms with E-state index in [1.807, 2.05) is 19.1 Å². The molecule has 20 heavy (non-hydrogen) atoms. The molecule has 102 valence electrons. The molecular weight excluding hydrogens is 267 g/mol. The number of halogens is 3. The summed E-state index contributed by atoms with van der Waals surface area (Å²) in [6.45, 7) is 1.87. The molecule has 3 rings (SSSR count). The minimum absolute atomic E-state index is 0.283. The minimum Gasteiger partial charge on any atom is -0.220 e. The number of hydrogen-bond donors (Lipinski definition) is 0. The highest BCUT2D eigenvalue weighted by molar-refractivity contribution is 5.60. The zero-order valence-electron chi connectivity index (χ0n) is 10.5. The van der Waals surface area contributed by atoms with Crippen molar-refractivity contribution < 1.29 is 13.2 Å². The van der Waals surface area contributed by atoms with Crippen LogP contribution in [0.2, 0.25) is 0 Å². The van der Waals surface area contributed by atoms with Crippen molar-refractivity contribution in [1.82, 2.24) is 14.6 Å². The molecule has 2 aromatic heterocycles. The molecule has 0 unspecified atom stereocenters. The van der Waals surface area contributed by atoms with E-state index in [2.05, 4.69) is 10.1 Å². The lowest BCUT2D eigenvalue weighted by molar-refractivity contribution is -0.137. The lowest BCUT2D eigenvalue weighted by Gasteiger charge is -2.06. The zero-order chi connectivity index (χ0) is 14.3. The maximum Gasteiger partial charge on any atom is 0.416 e. The molecular formula is C14H10F3N3. The van der Waals surface area contributed by atoms with Crippen LogP contribution in [0, 0.1) is 6.92 Å². The Morgan fingerprint density at radius 1 is 1.10 bits per heavy atom. The van der Waals surface area contributed by atoms with Gasteiger partial charge in [0.1, 0.15) is 0 Å². The number of hydrogen-bond acceptors (Lipinski definition) is 2. The summed E-state index contributed by atoms with van der Waals surface area (Å²) < 4.78 is 39.7. The number of pyridine rings is 1. The molecule has 0 aliphatic carbocycles. The van der Waals surface area contributed by atoms with E-state index < -0.39 is 11.7 Å². The lowest BCUT2D eigenvalue weighted by atomic mass is 10.1. The van der Waals surface area contributed by atoms with Gasteiger partial charge >= 0.3 is 6.18 Å². The van der Waals surface area contributed by atoms with Crippen LogP contribution in [0.1, 0.15) is 11.1 Å². The number of rotatable bonds is 1. The highest BCUT2D eigenvalue weighted by Crippen LogP contribution is 2.31. The van der Waals surface area contributed by atoms with Crippen molar-refractivity contribution in [3.05, 3.63) is 53.7 Å². The summed E-state index contributed by atoms with van der Waals surface area (Å²) in [6, 6.07) is 8.71. The van der Waals surface area contributed by atoms with Crippen molar-refractivity contribution in [2.75, 3.05) is 0 Å². The van der Waals surface area contributed by atoms with E-state index in [9.17, 15) is 13.2 Å². The number of benzene rings is 1. The van der Waals surface area contributed by atoms with Gasteiger partial charge in [-0.3, -0.25) is 0 Å². The first-order chi connectivity index (χ1) is 9.45. The minimum atomic E-state index is -4.37. The van der Waals surface area contributed by atoms with Crippen LogP contribution in [0.5, 0.6) is 0 Å². The van der Waals surface area contributed by atoms with Crippen molar-refractivity contribution in [2.24, 2.45) is 0 Å². The molecule has 1 aromatic carbocycles. The number of nitrogens with zero attached hydrogens (tertiary/aromatic N) is 3. The first kappa shape index (κ1) is 12.7. The first-order valence-corrected chi connectivity index (χ1v) is 5.95. The molecule has 0 atom stereocenters. The molecule has 0 bridgehead atoms. The van der Waals surface area contributed by atoms with Gasteiger partial charge in [0.05, 0.1) is 5.56 Å². The van der Waals surface area contributed by atoms with Crippen molar-refractivity contribution in [3.8, 4) is 11.4 Å². The van der Waals surface area contributed by atoms with Crippen LogP contribution < -0.4 is 0 Å². The quantitative estimate of drug-likeness (QED) is 0.678. The van der Waals surface area contributed by atoms with Crippen LogP contribution >= 0.6 is 0 Å². The van der Waals surface area contributed by atoms with Gasteiger partial charge in [-0.2, -0.15) is 13.2 Å². The van der Waals surface area contributed by atoms with Crippen molar-refractivity contribution in [3.63, 3.8) is 0 Å². The molecule has 0 N–H and O–H groups in total. The molecule has 2 heterocycles. The van der Waals surface area contributed by atoms with Crippen LogP contribution in [-0.2, 0) is 6.18 Å². The monoisotopic (exact) mass is 277 g/mol. The van der Waals surface area contributed by atoms with Crippen molar-refractivity contribution in [2.45, 2.75) is 13.1 Å². The summed E-state index contributed by atoms with van der Waals surface area (Å²) in [5.74, 6) is 0.283. The van der Waals surface area contributed by atoms with Crippen LogP contribution in [-0.4, -0.2) is 14.6 Å². The largest absolute Gasteiger partial charge is 0.416 e. The SMILES string of the molecule is Cc1cccn2nc(-c3cccc(C(F)(F)F)c3)nc12. The average Bonchev–Trinajstić information content (AvgIpc) is 2.83. The van der Waals surface area contributed by atoms with E-state index in [4.69, 9.17) is 0 Å². The molecule has 6 heteroatoms. The Morgan fingerprint density at radius 3 is 2.60 bits per heavy atom. The van der Waals surface area contributed by atoms with E-state index in [0.29, 0.717) is 11.2 Å². The third-order valence-electron chi connectivity index (χ3n) is 3.01. The fraction of sp³-hybridized carbons (Fsp3) is 0.143. The Hall–Kier alpha value is -2.37. The zero-order valence-corrected chi connectivity index (χ0v) is 10.5. The molecule has 0 aliphatic heterocycles. The van der Waals surface area contributed by atoms with Gasteiger partial charge in [0.25, 0.3) is 0 Å². The van der Waals surface area contributed by atoms with E-state index >= 15 is 0 Å². The Balaban J connectivity index is 2.14. The number of aromatic nitrogens is 3. The summed E-state index contributed by atoms with van der Waals surface area (Å²) in [6.07, 6.45) is -2.66. The van der Waals surface area contributed by atoms with E-state index in [1.165, 1.54) is 6.07 Å². The van der Waals surface area contributed by atoms with Gasteiger partial charge in [-0.15, -0.1) is 5.10 Å². The van der Waals surface area contributed by atoms with Gasteiger partial charge in [0, 0.05) is 11.8 Å². The second kappa shape index (κ2) is 4.33. The van der Waals surface area contributed by atoms with Gasteiger partial charge in [-0.1, -0.05) is 18.2 Å². The van der Waals surface area contributed by atoms with E-state index in [1.54, 1.807) is 16.8 Å². The van der Waals surface area contributed by atoms with Crippen molar-refractivity contribution in [1.29, 1.82) is 0 Å². The maximum atomic E-state index is 12.7. The Morgan fingerprint density at radius 2 is 1.90 bits per heavy atom. The molecule has 0 radical (unpaired) electrons. The average molecular weight is 277 g/mol. The predicted molar refractivity (Wildman–Crippen MR) is 68.2 cm³/mol. The molecule has 3 aromatic rings. The molecule has 3 nitrogen and oxygen atoms in total. The van der Waals surface area contributed by atoms with E-state index in [-0.39, 0.29) is 5.82 Å². The fourth-order valence-corrected chi connectivity index (χ4v) is 2.00. The third kappa shape index (κ3) is 2.13. The maximum absolute atomic E-state index is 12.7. The predicted octanol–water partition coefficient (Wildman–Crippen LogP) is 3.72. The smallest absolute Gasteiger partial charge is 0.220 e. The van der Waals surface area contributed by atoms with Crippen LogP contribution in [0.4, 0.5) is 13.2 Å². The van der Waals surface area contributed by atoms with Crippen molar-refractivity contribution >= 4 is 5.65 Å². The number of fused-ring (bicyclic) bond motifs is 1. The van der Waals surface area contributed by atoms with Crippen LogP contribution in [0.15, 0.2) is 42.6 Å². The fourth-order valence-electron chi connectivity index (χ4n) is 2.00. The highest BCUT2D eigenvalue weighted by atomic mass is 19.4. The lowest BCUT2D eigenvalue weighted by Crippen LogP contribution is -2.04. The Bertz CT molecular complexity index is 775. The second-order valence-electron chi connectivity index (χ2n) is 4.47. The summed E-state index contributed by atoms with van der Waals surface area (Å²) in [5, 5.41) is 4.21. The molecule has 0 saturated carbocycles. The molecule has 0 fully saturated rings. The summed E-state index contributed by atoms with van der Waals surface area (Å²) in [4.78, 5) is 4.29. The van der Waals surface area contributed by atoms with Gasteiger partial charge in [-0.25, -0.2) is 9.50 Å². The van der Waals surface area contributed by atoms with Crippen LogP contribution in [0.25, 0.3) is 17.0 Å². The summed E-state index contributed by atoms with van der Waals surface area (Å²) in [5.41, 5.74) is 1.20. The molecule has 0 aliphatic rings. The topological polar surface area (TPSA) is 30.2 Å². The molecule has 0 saturated heterocycles. The first-order valence-electron chi connectivity index (χ1n) is 5.95. The Kier molecular flexibility index (Phi) is 2.74. The van der Waals surface area contributed by atoms with Crippen LogP contribution in [0.3, 0.4) is 0 Å². The second-order valence-corrected chi connectivity index (χ2v) is 4.47. The summed E-state index contributed by atoms with van der Waals surface area (Å²) >= 11 is 0. The molecule has 0 amide bonds. The Labute approximate surface area is 112 Å². The standard InChI is InChI=1S/C14H10F3N3/c1-9-4-3-7-20-13(9)18-12(19-20)10-5-2-6-11(8-10)14(15,16)17/h2-8H,1H3. The van der Waals surface area contributed by atoms with Gasteiger partial charge in [-0.05, 0) is 30.7 Å². The number of aryl methyl sites for hydroxylation is 1. The van der Waals surface area contributed by atoms with Gasteiger partial charge < -0.3 is 0 Å². The number of alkyl halides is 3.